The third kappa shape index (κ3) is 7.20. The summed E-state index contributed by atoms with van der Waals surface area (Å²) in [6.45, 7) is 4.49. The van der Waals surface area contributed by atoms with Crippen LogP contribution in [0.4, 0.5) is 0 Å². The lowest BCUT2D eigenvalue weighted by Gasteiger charge is -2.31. The van der Waals surface area contributed by atoms with Crippen LogP contribution in [0.1, 0.15) is 32.1 Å². The lowest BCUT2D eigenvalue weighted by molar-refractivity contribution is -0.125. The normalized spacial score (nSPS) is 25.1. The molecular formula is C15H28N2O5. The van der Waals surface area contributed by atoms with Gasteiger partial charge in [-0.1, -0.05) is 0 Å². The highest BCUT2D eigenvalue weighted by molar-refractivity contribution is 5.76. The summed E-state index contributed by atoms with van der Waals surface area (Å²) in [7, 11) is 1.67. The number of hydrogen-bond acceptors (Lipinski definition) is 5. The van der Waals surface area contributed by atoms with Gasteiger partial charge >= 0.3 is 0 Å². The number of amides is 1. The first kappa shape index (κ1) is 18.9. The van der Waals surface area contributed by atoms with Gasteiger partial charge in [0.1, 0.15) is 6.10 Å². The number of hydrogen-bond donors (Lipinski definition) is 2. The second-order valence-electron chi connectivity index (χ2n) is 5.57. The van der Waals surface area contributed by atoms with Crippen molar-refractivity contribution < 1.29 is 24.2 Å². The Morgan fingerprint density at radius 2 is 2.14 bits per heavy atom. The van der Waals surface area contributed by atoms with Crippen LogP contribution in [-0.2, 0) is 19.1 Å². The van der Waals surface area contributed by atoms with Gasteiger partial charge < -0.3 is 24.8 Å². The van der Waals surface area contributed by atoms with Crippen molar-refractivity contribution in [3.8, 4) is 0 Å². The van der Waals surface area contributed by atoms with Crippen LogP contribution in [0.25, 0.3) is 0 Å². The fraction of sp³-hybridized carbons (Fsp3) is 0.867. The van der Waals surface area contributed by atoms with E-state index in [1.54, 1.807) is 7.11 Å². The van der Waals surface area contributed by atoms with Gasteiger partial charge in [0.25, 0.3) is 6.47 Å². The van der Waals surface area contributed by atoms with E-state index in [1.807, 2.05) is 0 Å². The number of carbonyl (C=O) groups excluding carboxylic acids is 1. The summed E-state index contributed by atoms with van der Waals surface area (Å²) >= 11 is 0. The summed E-state index contributed by atoms with van der Waals surface area (Å²) in [5.41, 5.74) is 0. The summed E-state index contributed by atoms with van der Waals surface area (Å²) < 4.78 is 10.7. The molecule has 0 bridgehead atoms. The fourth-order valence-electron chi connectivity index (χ4n) is 2.86. The molecule has 2 fully saturated rings. The molecule has 0 aromatic rings. The molecule has 0 saturated carbocycles. The first-order valence-corrected chi connectivity index (χ1v) is 7.91. The lowest BCUT2D eigenvalue weighted by Crippen LogP contribution is -2.49. The van der Waals surface area contributed by atoms with Gasteiger partial charge in [-0.05, 0) is 45.3 Å². The van der Waals surface area contributed by atoms with E-state index in [2.05, 4.69) is 10.2 Å². The van der Waals surface area contributed by atoms with E-state index < -0.39 is 0 Å². The summed E-state index contributed by atoms with van der Waals surface area (Å²) in [6, 6.07) is 0.109. The first-order chi connectivity index (χ1) is 10.7. The summed E-state index contributed by atoms with van der Waals surface area (Å²) in [4.78, 5) is 22.7. The number of rotatable bonds is 6. The van der Waals surface area contributed by atoms with Crippen molar-refractivity contribution in [1.82, 2.24) is 10.2 Å². The Morgan fingerprint density at radius 1 is 1.45 bits per heavy atom. The van der Waals surface area contributed by atoms with Gasteiger partial charge in [-0.3, -0.25) is 9.59 Å². The number of methoxy groups -OCH3 is 1. The number of carbonyl (C=O) groups is 2. The van der Waals surface area contributed by atoms with E-state index in [-0.39, 0.29) is 24.5 Å². The molecule has 0 spiro atoms. The Bertz CT molecular complexity index is 321. The molecule has 7 nitrogen and oxygen atoms in total. The van der Waals surface area contributed by atoms with Crippen molar-refractivity contribution in [1.29, 1.82) is 0 Å². The SMILES string of the molecule is CO[C@H]1COCC[C@@H]1NC(=O)CCCN1CCCC1.O=CO. The molecule has 2 saturated heterocycles. The third-order valence-electron chi connectivity index (χ3n) is 4.03. The highest BCUT2D eigenvalue weighted by Gasteiger charge is 2.26. The van der Waals surface area contributed by atoms with Gasteiger partial charge in [-0.25, -0.2) is 0 Å². The first-order valence-electron chi connectivity index (χ1n) is 7.91. The maximum atomic E-state index is 11.9. The molecule has 2 atom stereocenters. The Hall–Kier alpha value is -1.18. The Morgan fingerprint density at radius 3 is 2.77 bits per heavy atom. The largest absolute Gasteiger partial charge is 0.483 e. The topological polar surface area (TPSA) is 88.1 Å². The van der Waals surface area contributed by atoms with Crippen LogP contribution in [0, 0.1) is 0 Å². The van der Waals surface area contributed by atoms with Gasteiger partial charge in [-0.2, -0.15) is 0 Å². The molecule has 2 aliphatic rings. The monoisotopic (exact) mass is 316 g/mol. The van der Waals surface area contributed by atoms with E-state index in [4.69, 9.17) is 19.4 Å². The van der Waals surface area contributed by atoms with Crippen molar-refractivity contribution in [2.24, 2.45) is 0 Å². The van der Waals surface area contributed by atoms with Gasteiger partial charge in [0.2, 0.25) is 5.91 Å². The molecule has 0 aromatic heterocycles. The maximum absolute atomic E-state index is 11.9. The average Bonchev–Trinajstić information content (AvgIpc) is 3.02. The summed E-state index contributed by atoms with van der Waals surface area (Å²) in [5.74, 6) is 0.146. The van der Waals surface area contributed by atoms with E-state index in [0.717, 1.165) is 19.4 Å². The molecule has 0 aliphatic carbocycles. The zero-order valence-electron chi connectivity index (χ0n) is 13.3. The second-order valence-corrected chi connectivity index (χ2v) is 5.57. The molecule has 22 heavy (non-hydrogen) atoms. The van der Waals surface area contributed by atoms with Crippen LogP contribution < -0.4 is 5.32 Å². The molecule has 0 aromatic carbocycles. The van der Waals surface area contributed by atoms with Crippen molar-refractivity contribution in [2.75, 3.05) is 40.0 Å². The zero-order valence-corrected chi connectivity index (χ0v) is 13.3. The van der Waals surface area contributed by atoms with Crippen LogP contribution in [0.5, 0.6) is 0 Å². The smallest absolute Gasteiger partial charge is 0.290 e. The number of carboxylic acid groups (broad SMARTS) is 1. The zero-order chi connectivity index (χ0) is 16.2. The van der Waals surface area contributed by atoms with Gasteiger partial charge in [-0.15, -0.1) is 0 Å². The number of nitrogens with one attached hydrogen (secondary N) is 1. The second kappa shape index (κ2) is 11.4. The number of ether oxygens (including phenoxy) is 2. The minimum Gasteiger partial charge on any atom is -0.483 e. The summed E-state index contributed by atoms with van der Waals surface area (Å²) in [6.07, 6.45) is 5.03. The Balaban J connectivity index is 0.000000745. The van der Waals surface area contributed by atoms with Crippen LogP contribution >= 0.6 is 0 Å². The third-order valence-corrected chi connectivity index (χ3v) is 4.03. The molecule has 1 amide bonds. The molecule has 128 valence electrons. The molecule has 0 radical (unpaired) electrons. The van der Waals surface area contributed by atoms with Crippen molar-refractivity contribution >= 4 is 12.4 Å². The van der Waals surface area contributed by atoms with Gasteiger partial charge in [0.15, 0.2) is 0 Å². The number of nitrogens with zero attached hydrogens (tertiary/aromatic N) is 1. The lowest BCUT2D eigenvalue weighted by atomic mass is 10.1. The molecule has 2 aliphatic heterocycles. The molecule has 7 heteroatoms. The summed E-state index contributed by atoms with van der Waals surface area (Å²) in [5, 5.41) is 9.97. The minimum atomic E-state index is -0.250. The highest BCUT2D eigenvalue weighted by atomic mass is 16.5. The Kier molecular flexibility index (Phi) is 9.77. The van der Waals surface area contributed by atoms with Crippen LogP contribution in [-0.4, -0.2) is 74.5 Å². The van der Waals surface area contributed by atoms with Crippen molar-refractivity contribution in [3.63, 3.8) is 0 Å². The van der Waals surface area contributed by atoms with E-state index in [0.29, 0.717) is 19.6 Å². The van der Waals surface area contributed by atoms with Gasteiger partial charge in [0, 0.05) is 20.1 Å². The van der Waals surface area contributed by atoms with Crippen LogP contribution in [0.15, 0.2) is 0 Å². The minimum absolute atomic E-state index is 0.00344. The molecule has 0 unspecified atom stereocenters. The van der Waals surface area contributed by atoms with Crippen LogP contribution in [0.3, 0.4) is 0 Å². The van der Waals surface area contributed by atoms with E-state index >= 15 is 0 Å². The highest BCUT2D eigenvalue weighted by Crippen LogP contribution is 2.12. The van der Waals surface area contributed by atoms with Gasteiger partial charge in [0.05, 0.1) is 12.6 Å². The van der Waals surface area contributed by atoms with E-state index in [1.165, 1.54) is 25.9 Å². The molecular weight excluding hydrogens is 288 g/mol. The predicted molar refractivity (Wildman–Crippen MR) is 81.8 cm³/mol. The molecule has 2 rings (SSSR count). The van der Waals surface area contributed by atoms with Crippen molar-refractivity contribution in [3.05, 3.63) is 0 Å². The fourth-order valence-corrected chi connectivity index (χ4v) is 2.86. The molecule has 2 N–H and O–H groups in total. The predicted octanol–water partition coefficient (Wildman–Crippen LogP) is 0.483. The number of likely N-dealkylation sites (tertiary alicyclic amines) is 1. The van der Waals surface area contributed by atoms with Crippen LogP contribution in [0.2, 0.25) is 0 Å². The average molecular weight is 316 g/mol. The Labute approximate surface area is 131 Å². The standard InChI is InChI=1S/C14H26N2O3.CH2O2/c1-18-13-11-19-10-6-12(13)15-14(17)5-4-9-16-7-2-3-8-16;2-1-3/h12-13H,2-11H2,1H3,(H,15,17);1H,(H,2,3)/t12-,13-;/m0./s1. The quantitative estimate of drug-likeness (QED) is 0.693. The maximum Gasteiger partial charge on any atom is 0.290 e. The van der Waals surface area contributed by atoms with E-state index in [9.17, 15) is 4.79 Å². The van der Waals surface area contributed by atoms with Crippen molar-refractivity contribution in [2.45, 2.75) is 44.2 Å². The molecule has 2 heterocycles.